The molecule has 1 saturated carbocycles. The Morgan fingerprint density at radius 2 is 1.54 bits per heavy atom. The highest BCUT2D eigenvalue weighted by Crippen LogP contribution is 2.46. The Bertz CT molecular complexity index is 1480. The van der Waals surface area contributed by atoms with E-state index < -0.39 is 35.8 Å². The summed E-state index contributed by atoms with van der Waals surface area (Å²) in [6, 6.07) is 18.4. The van der Waals surface area contributed by atoms with Crippen LogP contribution in [0.15, 0.2) is 60.7 Å². The van der Waals surface area contributed by atoms with Crippen molar-refractivity contribution in [3.05, 3.63) is 71.8 Å². The van der Waals surface area contributed by atoms with Gasteiger partial charge in [-0.05, 0) is 62.0 Å². The monoisotopic (exact) mass is 705 g/mol. The van der Waals surface area contributed by atoms with Gasteiger partial charge in [-0.1, -0.05) is 87.9 Å². The molecule has 1 saturated heterocycles. The van der Waals surface area contributed by atoms with Crippen LogP contribution in [-0.4, -0.2) is 65.4 Å². The minimum atomic E-state index is -5.08. The van der Waals surface area contributed by atoms with Crippen molar-refractivity contribution >= 4 is 29.8 Å². The second-order valence-electron chi connectivity index (χ2n) is 13.1. The van der Waals surface area contributed by atoms with Gasteiger partial charge in [0.1, 0.15) is 18.1 Å². The van der Waals surface area contributed by atoms with E-state index in [2.05, 4.69) is 35.0 Å². The minimum absolute atomic E-state index is 0.0298. The Labute approximate surface area is 289 Å². The van der Waals surface area contributed by atoms with Gasteiger partial charge in [0.15, 0.2) is 6.10 Å². The molecule has 2 aliphatic rings. The molecule has 1 heterocycles. The number of carboxylic acids is 1. The molecule has 1 unspecified atom stereocenters. The number of aryl methyl sites for hydroxylation is 1. The van der Waals surface area contributed by atoms with E-state index in [4.69, 9.17) is 19.4 Å². The van der Waals surface area contributed by atoms with Crippen molar-refractivity contribution in [3.8, 4) is 0 Å². The van der Waals surface area contributed by atoms with Gasteiger partial charge in [-0.3, -0.25) is 14.4 Å². The Morgan fingerprint density at radius 1 is 0.980 bits per heavy atom. The number of amides is 3. The zero-order valence-electron chi connectivity index (χ0n) is 28.8. The fraction of sp³-hybridized carbons (Fsp3) is 0.528. The van der Waals surface area contributed by atoms with Crippen molar-refractivity contribution in [1.82, 2.24) is 16.0 Å². The molecule has 8 atom stereocenters. The topological polar surface area (TPSA) is 160 Å². The van der Waals surface area contributed by atoms with Crippen LogP contribution in [0.1, 0.15) is 65.0 Å². The van der Waals surface area contributed by atoms with Crippen LogP contribution in [0.25, 0.3) is 0 Å². The molecule has 0 aromatic heterocycles. The number of nitrogens with one attached hydrogen (secondary N) is 3. The summed E-state index contributed by atoms with van der Waals surface area (Å²) in [5.41, 5.74) is 1.21. The lowest BCUT2D eigenvalue weighted by Crippen LogP contribution is -2.64. The molecule has 2 fully saturated rings. The molecule has 50 heavy (non-hydrogen) atoms. The number of aliphatic carboxylic acids is 1. The summed E-state index contributed by atoms with van der Waals surface area (Å²) < 4.78 is 42.3. The summed E-state index contributed by atoms with van der Waals surface area (Å²) in [4.78, 5) is 59.8. The number of ether oxygens (including phenoxy) is 2. The number of carbonyl (C=O) groups is 5. The van der Waals surface area contributed by atoms with Crippen molar-refractivity contribution in [3.63, 3.8) is 0 Å². The lowest BCUT2D eigenvalue weighted by molar-refractivity contribution is -0.213. The third-order valence-corrected chi connectivity index (χ3v) is 9.66. The molecule has 2 aromatic rings. The first-order chi connectivity index (χ1) is 23.5. The molecule has 1 aliphatic carbocycles. The van der Waals surface area contributed by atoms with Crippen molar-refractivity contribution in [1.29, 1.82) is 0 Å². The second kappa shape index (κ2) is 17.3. The van der Waals surface area contributed by atoms with Gasteiger partial charge in [-0.15, -0.1) is 0 Å². The highest BCUT2D eigenvalue weighted by atomic mass is 19.4. The Kier molecular flexibility index (Phi) is 13.8. The largest absolute Gasteiger partial charge is 0.490 e. The standard InChI is InChI=1S/C34H45N3O6.C2HF3O2/c1-6-21(2)34(5)29(43-32(34)40)31(39)37-28-19-26(28)22(3)27(18-17-24-13-9-7-10-14-24)36-30(38)23(4)35-33(41)42-20-25-15-11-8-12-16-25;3-2(4,5)1(6)7/h7-16,21-23,26-29H,6,17-20H2,1-5H3,(H,35,41)(H,36,38)(H,37,39);(H,6,7)/t21-,22+,23-,26-,27?,28-,29-,34-;/m0./s1. The van der Waals surface area contributed by atoms with Gasteiger partial charge in [0.05, 0.1) is 0 Å². The number of hydrogen-bond donors (Lipinski definition) is 4. The summed E-state index contributed by atoms with van der Waals surface area (Å²) in [5.74, 6) is -3.38. The Hall–Kier alpha value is -4.62. The molecule has 4 N–H and O–H groups in total. The number of carbonyl (C=O) groups excluding carboxylic acids is 4. The average molecular weight is 706 g/mol. The van der Waals surface area contributed by atoms with Crippen LogP contribution in [-0.2, 0) is 41.7 Å². The Balaban J connectivity index is 0.000000872. The first-order valence-electron chi connectivity index (χ1n) is 16.6. The van der Waals surface area contributed by atoms with E-state index in [9.17, 15) is 32.3 Å². The number of carboxylic acid groups (broad SMARTS) is 1. The van der Waals surface area contributed by atoms with Crippen LogP contribution in [0.5, 0.6) is 0 Å². The first kappa shape index (κ1) is 39.8. The van der Waals surface area contributed by atoms with Gasteiger partial charge < -0.3 is 30.5 Å². The molecular weight excluding hydrogens is 659 g/mol. The highest BCUT2D eigenvalue weighted by Gasteiger charge is 2.61. The second-order valence-corrected chi connectivity index (χ2v) is 13.1. The third-order valence-electron chi connectivity index (χ3n) is 9.66. The molecule has 3 amide bonds. The number of alkyl halides is 3. The van der Waals surface area contributed by atoms with Gasteiger partial charge in [0.25, 0.3) is 5.91 Å². The molecule has 4 rings (SSSR count). The number of cyclic esters (lactones) is 1. The molecular formula is C36H46F3N3O8. The summed E-state index contributed by atoms with van der Waals surface area (Å²) >= 11 is 0. The van der Waals surface area contributed by atoms with Crippen LogP contribution in [0.4, 0.5) is 18.0 Å². The normalized spacial score (nSPS) is 23.2. The van der Waals surface area contributed by atoms with E-state index in [0.29, 0.717) is 6.42 Å². The lowest BCUT2D eigenvalue weighted by Gasteiger charge is -2.46. The maximum Gasteiger partial charge on any atom is 0.490 e. The van der Waals surface area contributed by atoms with E-state index in [0.717, 1.165) is 24.8 Å². The molecule has 11 nitrogen and oxygen atoms in total. The highest BCUT2D eigenvalue weighted by molar-refractivity contribution is 5.97. The minimum Gasteiger partial charge on any atom is -0.475 e. The number of benzene rings is 2. The predicted octanol–water partition coefficient (Wildman–Crippen LogP) is 5.17. The van der Waals surface area contributed by atoms with Gasteiger partial charge in [0.2, 0.25) is 5.91 Å². The van der Waals surface area contributed by atoms with Gasteiger partial charge in [-0.2, -0.15) is 13.2 Å². The molecule has 0 radical (unpaired) electrons. The zero-order valence-corrected chi connectivity index (χ0v) is 28.8. The SMILES string of the molecule is CC[C@H](C)[C@]1(C)C(=O)O[C@H]1C(=O)N[C@H]1C[C@H]1[C@@H](C)C(CCc1ccccc1)NC(=O)[C@H](C)NC(=O)OCc1ccccc1.O=C(O)C(F)(F)F. The fourth-order valence-corrected chi connectivity index (χ4v) is 5.88. The summed E-state index contributed by atoms with van der Waals surface area (Å²) in [6.45, 7) is 9.62. The average Bonchev–Trinajstić information content (AvgIpc) is 3.86. The third kappa shape index (κ3) is 10.7. The zero-order chi connectivity index (χ0) is 37.2. The molecule has 0 bridgehead atoms. The van der Waals surface area contributed by atoms with Crippen molar-refractivity contribution in [2.75, 3.05) is 0 Å². The summed E-state index contributed by atoms with van der Waals surface area (Å²) in [5, 5.41) is 16.0. The van der Waals surface area contributed by atoms with Crippen molar-refractivity contribution in [2.45, 2.75) is 97.3 Å². The lowest BCUT2D eigenvalue weighted by atomic mass is 9.68. The van der Waals surface area contributed by atoms with E-state index >= 15 is 0 Å². The molecule has 0 spiro atoms. The molecule has 274 valence electrons. The van der Waals surface area contributed by atoms with Crippen LogP contribution >= 0.6 is 0 Å². The van der Waals surface area contributed by atoms with Crippen molar-refractivity contribution < 1.29 is 51.7 Å². The van der Waals surface area contributed by atoms with E-state index in [1.54, 1.807) is 6.92 Å². The van der Waals surface area contributed by atoms with E-state index in [1.165, 1.54) is 5.56 Å². The molecule has 2 aromatic carbocycles. The summed E-state index contributed by atoms with van der Waals surface area (Å²) in [7, 11) is 0. The number of rotatable bonds is 14. The van der Waals surface area contributed by atoms with Gasteiger partial charge in [0, 0.05) is 12.1 Å². The van der Waals surface area contributed by atoms with Gasteiger partial charge >= 0.3 is 24.2 Å². The number of esters is 1. The Morgan fingerprint density at radius 3 is 2.06 bits per heavy atom. The number of halogens is 3. The van der Waals surface area contributed by atoms with E-state index in [-0.39, 0.29) is 54.2 Å². The van der Waals surface area contributed by atoms with Crippen LogP contribution < -0.4 is 16.0 Å². The van der Waals surface area contributed by atoms with Crippen LogP contribution in [0.3, 0.4) is 0 Å². The number of hydrogen-bond acceptors (Lipinski definition) is 7. The van der Waals surface area contributed by atoms with Crippen LogP contribution in [0.2, 0.25) is 0 Å². The molecule has 14 heteroatoms. The molecule has 1 aliphatic heterocycles. The van der Waals surface area contributed by atoms with Crippen molar-refractivity contribution in [2.24, 2.45) is 23.2 Å². The first-order valence-corrected chi connectivity index (χ1v) is 16.6. The maximum atomic E-state index is 13.2. The fourth-order valence-electron chi connectivity index (χ4n) is 5.88. The van der Waals surface area contributed by atoms with Gasteiger partial charge in [-0.25, -0.2) is 9.59 Å². The smallest absolute Gasteiger partial charge is 0.475 e. The quantitative estimate of drug-likeness (QED) is 0.196. The number of alkyl carbamates (subject to hydrolysis) is 1. The van der Waals surface area contributed by atoms with Crippen LogP contribution in [0, 0.1) is 23.2 Å². The predicted molar refractivity (Wildman–Crippen MR) is 176 cm³/mol. The maximum absolute atomic E-state index is 13.2. The van der Waals surface area contributed by atoms with E-state index in [1.807, 2.05) is 69.3 Å². The summed E-state index contributed by atoms with van der Waals surface area (Å²) in [6.07, 6.45) is -3.50.